The van der Waals surface area contributed by atoms with E-state index in [1.165, 1.54) is 13.8 Å². The molecule has 9 amide bonds. The third-order valence-corrected chi connectivity index (χ3v) is 12.3. The number of nitrogens with two attached hydrogens (primary N) is 5. The zero-order valence-corrected chi connectivity index (χ0v) is 49.8. The van der Waals surface area contributed by atoms with E-state index in [1.807, 2.05) is 55.4 Å². The molecule has 0 aromatic heterocycles. The zero-order valence-electron chi connectivity index (χ0n) is 49.8. The van der Waals surface area contributed by atoms with E-state index in [1.54, 1.807) is 27.7 Å². The molecule has 0 saturated heterocycles. The number of hydrogen-bond acceptors (Lipinski definition) is 13. The number of carbonyl (C=O) groups is 10. The van der Waals surface area contributed by atoms with E-state index in [2.05, 4.69) is 57.8 Å². The molecule has 0 rings (SSSR count). The number of rotatable bonds is 38. The summed E-state index contributed by atoms with van der Waals surface area (Å²) in [5, 5.41) is 33.6. The molecule has 458 valence electrons. The lowest BCUT2D eigenvalue weighted by molar-refractivity contribution is -0.143. The highest BCUT2D eigenvalue weighted by atomic mass is 16.4. The number of nitrogens with zero attached hydrogens (tertiary/aromatic N) is 2. The van der Waals surface area contributed by atoms with E-state index in [9.17, 15) is 53.1 Å². The Morgan fingerprint density at radius 1 is 0.362 bits per heavy atom. The van der Waals surface area contributed by atoms with Crippen molar-refractivity contribution >= 4 is 71.1 Å². The average Bonchev–Trinajstić information content (AvgIpc) is 3.32. The molecule has 0 aliphatic heterocycles. The van der Waals surface area contributed by atoms with Crippen LogP contribution in [0.1, 0.15) is 155 Å². The van der Waals surface area contributed by atoms with E-state index < -0.39 is 125 Å². The van der Waals surface area contributed by atoms with Crippen molar-refractivity contribution in [1.29, 1.82) is 0 Å². The number of nitrogens with one attached hydrogen (secondary N) is 9. The van der Waals surface area contributed by atoms with Crippen molar-refractivity contribution in [2.24, 2.45) is 74.2 Å². The minimum atomic E-state index is -1.29. The summed E-state index contributed by atoms with van der Waals surface area (Å²) in [7, 11) is 0. The van der Waals surface area contributed by atoms with E-state index in [0.717, 1.165) is 0 Å². The molecule has 0 heterocycles. The Hall–Kier alpha value is -6.80. The Labute approximate surface area is 473 Å². The third kappa shape index (κ3) is 30.5. The van der Waals surface area contributed by atoms with E-state index in [4.69, 9.17) is 28.7 Å². The molecule has 10 atom stereocenters. The number of aliphatic carboxylic acids is 1. The van der Waals surface area contributed by atoms with Gasteiger partial charge in [-0.3, -0.25) is 53.1 Å². The molecule has 80 heavy (non-hydrogen) atoms. The number of carboxylic acid groups (broad SMARTS) is 1. The molecule has 0 radical (unpaired) electrons. The van der Waals surface area contributed by atoms with Crippen LogP contribution in [0, 0.1) is 35.5 Å². The highest BCUT2D eigenvalue weighted by Crippen LogP contribution is 2.14. The summed E-state index contributed by atoms with van der Waals surface area (Å²) in [5.74, 6) is -8.96. The molecular formula is C53H100N16O11. The van der Waals surface area contributed by atoms with Crippen molar-refractivity contribution in [3.8, 4) is 0 Å². The monoisotopic (exact) mass is 1140 g/mol. The summed E-state index contributed by atoms with van der Waals surface area (Å²) in [6.45, 7) is 24.7. The fourth-order valence-electron chi connectivity index (χ4n) is 8.15. The lowest BCUT2D eigenvalue weighted by Gasteiger charge is -2.29. The topological polar surface area (TPSA) is 454 Å². The van der Waals surface area contributed by atoms with Crippen molar-refractivity contribution in [2.75, 3.05) is 13.1 Å². The van der Waals surface area contributed by atoms with E-state index >= 15 is 0 Å². The first-order valence-corrected chi connectivity index (χ1v) is 27.9. The normalized spacial score (nSPS) is 15.2. The minimum Gasteiger partial charge on any atom is -0.480 e. The molecule has 20 N–H and O–H groups in total. The highest BCUT2D eigenvalue weighted by Gasteiger charge is 2.36. The molecule has 0 saturated carbocycles. The van der Waals surface area contributed by atoms with Crippen molar-refractivity contribution in [1.82, 2.24) is 47.9 Å². The molecule has 0 spiro atoms. The van der Waals surface area contributed by atoms with Crippen molar-refractivity contribution in [3.63, 3.8) is 0 Å². The van der Waals surface area contributed by atoms with Gasteiger partial charge in [0.1, 0.15) is 54.4 Å². The van der Waals surface area contributed by atoms with Gasteiger partial charge in [-0.25, -0.2) is 4.79 Å². The second-order valence-corrected chi connectivity index (χ2v) is 23.0. The average molecular weight is 1140 g/mol. The van der Waals surface area contributed by atoms with Crippen LogP contribution >= 0.6 is 0 Å². The van der Waals surface area contributed by atoms with Crippen LogP contribution in [-0.2, 0) is 47.9 Å². The molecule has 0 aromatic rings. The lowest BCUT2D eigenvalue weighted by atomic mass is 9.97. The predicted octanol–water partition coefficient (Wildman–Crippen LogP) is -1.21. The van der Waals surface area contributed by atoms with Crippen LogP contribution in [-0.4, -0.2) is 150 Å². The molecule has 0 aliphatic rings. The number of carboxylic acids is 1. The van der Waals surface area contributed by atoms with Crippen LogP contribution in [0.25, 0.3) is 0 Å². The Morgan fingerprint density at radius 3 is 1.01 bits per heavy atom. The Balaban J connectivity index is 6.39. The quantitative estimate of drug-likeness (QED) is 0.0196. The number of hydrogen-bond donors (Lipinski definition) is 15. The summed E-state index contributed by atoms with van der Waals surface area (Å²) in [6.07, 6.45) is 1.56. The summed E-state index contributed by atoms with van der Waals surface area (Å²) < 4.78 is 0. The molecule has 0 aliphatic carbocycles. The van der Waals surface area contributed by atoms with E-state index in [0.29, 0.717) is 6.42 Å². The summed E-state index contributed by atoms with van der Waals surface area (Å²) in [5.41, 5.74) is 27.8. The largest absolute Gasteiger partial charge is 0.480 e. The fraction of sp³-hybridized carbons (Fsp3) is 0.774. The first-order valence-electron chi connectivity index (χ1n) is 27.9. The second kappa shape index (κ2) is 37.2. The van der Waals surface area contributed by atoms with Gasteiger partial charge in [0.15, 0.2) is 11.9 Å². The number of carbonyl (C=O) groups excluding carboxylic acids is 9. The molecule has 0 bridgehead atoms. The zero-order chi connectivity index (χ0) is 61.7. The van der Waals surface area contributed by atoms with Crippen molar-refractivity contribution in [3.05, 3.63) is 0 Å². The molecular weight excluding hydrogens is 1040 g/mol. The van der Waals surface area contributed by atoms with Gasteiger partial charge in [-0.1, -0.05) is 83.1 Å². The fourth-order valence-corrected chi connectivity index (χ4v) is 8.15. The van der Waals surface area contributed by atoms with Crippen LogP contribution in [0.4, 0.5) is 0 Å². The lowest BCUT2D eigenvalue weighted by Crippen LogP contribution is -2.61. The number of guanidine groups is 2. The Morgan fingerprint density at radius 2 is 0.650 bits per heavy atom. The Kier molecular flexibility index (Phi) is 34.0. The summed E-state index contributed by atoms with van der Waals surface area (Å²) in [4.78, 5) is 143. The number of amides is 9. The van der Waals surface area contributed by atoms with Crippen LogP contribution in [0.5, 0.6) is 0 Å². The summed E-state index contributed by atoms with van der Waals surface area (Å²) >= 11 is 0. The molecule has 0 aromatic carbocycles. The van der Waals surface area contributed by atoms with Crippen molar-refractivity contribution in [2.45, 2.75) is 215 Å². The van der Waals surface area contributed by atoms with Crippen LogP contribution < -0.4 is 76.5 Å². The van der Waals surface area contributed by atoms with Crippen molar-refractivity contribution < 1.29 is 53.1 Å². The van der Waals surface area contributed by atoms with Gasteiger partial charge < -0.3 is 81.6 Å². The second-order valence-electron chi connectivity index (χ2n) is 23.0. The molecule has 0 unspecified atom stereocenters. The van der Waals surface area contributed by atoms with Gasteiger partial charge in [0.05, 0.1) is 6.04 Å². The molecule has 27 heteroatoms. The van der Waals surface area contributed by atoms with Gasteiger partial charge in [-0.15, -0.1) is 0 Å². The maximum Gasteiger partial charge on any atom is 0.326 e. The maximum absolute atomic E-state index is 14.1. The SMILES string of the molecule is CC(C)C[C@H](NC(=O)[C@H](CC(C)C)NC(=O)[C@@H](NC(=O)[C@H](CC(C)C)NC(=O)[C@H](C)NC(=O)[C@H](CC(C)C)NC(=O)[C@H](CCCN=C(N)N)NC(=O)[C@H](C)NC(=O)[C@H](CC(C)C)NC(=O)[C@@H](N)CCCN=C(N)N)C(C)C)C(=O)O. The van der Waals surface area contributed by atoms with Crippen LogP contribution in [0.2, 0.25) is 0 Å². The molecule has 27 nitrogen and oxygen atoms in total. The van der Waals surface area contributed by atoms with E-state index in [-0.39, 0.29) is 106 Å². The van der Waals surface area contributed by atoms with Gasteiger partial charge in [0.25, 0.3) is 0 Å². The van der Waals surface area contributed by atoms with Gasteiger partial charge in [-0.05, 0) is 107 Å². The first kappa shape index (κ1) is 73.2. The number of aliphatic imine (C=N–C) groups is 2. The van der Waals surface area contributed by atoms with Gasteiger partial charge in [0.2, 0.25) is 53.2 Å². The smallest absolute Gasteiger partial charge is 0.326 e. The van der Waals surface area contributed by atoms with Crippen LogP contribution in [0.15, 0.2) is 9.98 Å². The highest BCUT2D eigenvalue weighted by molar-refractivity contribution is 5.98. The van der Waals surface area contributed by atoms with Gasteiger partial charge >= 0.3 is 5.97 Å². The first-order chi connectivity index (χ1) is 37.1. The van der Waals surface area contributed by atoms with Gasteiger partial charge in [0, 0.05) is 13.1 Å². The minimum absolute atomic E-state index is 0.0188. The predicted molar refractivity (Wildman–Crippen MR) is 306 cm³/mol. The Bertz CT molecular complexity index is 2090. The maximum atomic E-state index is 14.1. The van der Waals surface area contributed by atoms with Crippen LogP contribution in [0.3, 0.4) is 0 Å². The van der Waals surface area contributed by atoms with Gasteiger partial charge in [-0.2, -0.15) is 0 Å². The summed E-state index contributed by atoms with van der Waals surface area (Å²) in [6, 6.07) is -11.8. The third-order valence-electron chi connectivity index (χ3n) is 12.3. The standard InChI is InChI=1S/C53H100N16O11/c1-26(2)21-36(65-44(72)34(54)17-15-19-59-52(55)56)46(74)61-32(13)42(70)63-35(18-16-20-60-53(57)58)45(73)66-37(22-27(3)4)47(75)62-33(14)43(71)64-39(24-29(7)8)49(77)69-41(31(11)12)50(78)67-38(23-28(5)6)48(76)68-40(51(79)80)25-30(9)10/h26-41H,15-25,54H2,1-14H3,(H,61,74)(H,62,75)(H,63,70)(H,64,71)(H,65,72)(H,66,73)(H,67,78)(H,68,76)(H,69,77)(H,79,80)(H4,55,56,59)(H4,57,58,60)/t32-,33-,34-,35-,36-,37-,38-,39-,40-,41-/m0/s1. The molecule has 0 fully saturated rings.